The number of nitrogens with zero attached hydrogens (tertiary/aromatic N) is 2. The number of rotatable bonds is 7. The summed E-state index contributed by atoms with van der Waals surface area (Å²) in [5.74, 6) is -4.24. The zero-order valence-corrected chi connectivity index (χ0v) is 33.4. The first kappa shape index (κ1) is 44.9. The molecule has 11 unspecified atom stereocenters. The summed E-state index contributed by atoms with van der Waals surface area (Å²) < 4.78 is 37.2. The number of hydrogen-bond donors (Lipinski definition) is 6. The van der Waals surface area contributed by atoms with Crippen LogP contribution in [0, 0.1) is 23.7 Å². The fourth-order valence-electron chi connectivity index (χ4n) is 8.61. The molecular weight excluding hydrogens is 680 g/mol. The van der Waals surface area contributed by atoms with Crippen LogP contribution >= 0.6 is 0 Å². The molecule has 6 N–H and O–H groups in total. The molecule has 0 radical (unpaired) electrons. The van der Waals surface area contributed by atoms with Gasteiger partial charge >= 0.3 is 5.97 Å². The second-order valence-electron chi connectivity index (χ2n) is 16.6. The first-order valence-electron chi connectivity index (χ1n) is 18.7. The lowest BCUT2D eigenvalue weighted by Crippen LogP contribution is -2.61. The average Bonchev–Trinajstić information content (AvgIpc) is 3.06. The molecule has 0 aromatic carbocycles. The van der Waals surface area contributed by atoms with Crippen molar-refractivity contribution < 1.29 is 64.0 Å². The molecule has 0 aromatic rings. The Labute approximate surface area is 309 Å². The van der Waals surface area contributed by atoms with Gasteiger partial charge in [0.15, 0.2) is 12.6 Å². The molecule has 3 aliphatic rings. The van der Waals surface area contributed by atoms with Crippen molar-refractivity contribution >= 4 is 11.7 Å². The van der Waals surface area contributed by atoms with Crippen LogP contribution in [0.2, 0.25) is 0 Å². The van der Waals surface area contributed by atoms with Gasteiger partial charge in [-0.05, 0) is 74.9 Å². The minimum atomic E-state index is -1.97. The van der Waals surface area contributed by atoms with Crippen LogP contribution in [0.4, 0.5) is 0 Å². The van der Waals surface area contributed by atoms with Crippen molar-refractivity contribution in [1.82, 2.24) is 4.90 Å². The minimum Gasteiger partial charge on any atom is -0.459 e. The highest BCUT2D eigenvalue weighted by atomic mass is 16.7. The highest BCUT2D eigenvalue weighted by molar-refractivity contribution is 5.88. The number of hydrogen-bond acceptors (Lipinski definition) is 15. The Bertz CT molecular complexity index is 1200. The summed E-state index contributed by atoms with van der Waals surface area (Å²) in [6.07, 6.45) is -9.51. The van der Waals surface area contributed by atoms with Gasteiger partial charge in [0.25, 0.3) is 0 Å². The molecule has 0 spiro atoms. The van der Waals surface area contributed by atoms with Gasteiger partial charge in [0.2, 0.25) is 0 Å². The highest BCUT2D eigenvalue weighted by Gasteiger charge is 2.53. The van der Waals surface area contributed by atoms with Crippen LogP contribution in [-0.2, 0) is 33.2 Å². The Balaban J connectivity index is 2.21. The smallest absolute Gasteiger partial charge is 0.311 e. The summed E-state index contributed by atoms with van der Waals surface area (Å²) in [4.78, 5) is 16.0. The van der Waals surface area contributed by atoms with Gasteiger partial charge in [-0.2, -0.15) is 0 Å². The van der Waals surface area contributed by atoms with Crippen molar-refractivity contribution in [2.24, 2.45) is 28.8 Å². The normalized spacial score (nSPS) is 49.8. The van der Waals surface area contributed by atoms with Crippen LogP contribution in [0.25, 0.3) is 0 Å². The first-order chi connectivity index (χ1) is 24.0. The SMILES string of the molecule is CCC1OC(=O)[C@H](C)[C@H](OC2CC(C)(OC)C(O)C(C)O2)C(C)[C@H](OC2OC(C)CC(N(C)C)C2O)[C@@](C)(O)C[C@H](C)C(=NO)C(C)[C@@H](O)[C@@]1(C)O. The fraction of sp³-hybridized carbons (Fsp3) is 0.946. The fourth-order valence-corrected chi connectivity index (χ4v) is 8.61. The Kier molecular flexibility index (Phi) is 15.1. The van der Waals surface area contributed by atoms with Crippen LogP contribution < -0.4 is 0 Å². The molecule has 0 aliphatic carbocycles. The van der Waals surface area contributed by atoms with E-state index in [1.165, 1.54) is 14.0 Å². The van der Waals surface area contributed by atoms with Crippen LogP contribution in [0.5, 0.6) is 0 Å². The number of aliphatic hydroxyl groups is 5. The second-order valence-corrected chi connectivity index (χ2v) is 16.6. The molecule has 304 valence electrons. The summed E-state index contributed by atoms with van der Waals surface area (Å²) in [7, 11) is 5.19. The molecule has 0 aromatic heterocycles. The standard InChI is InChI=1S/C37H68N2O13/c1-14-25-37(10,45)30(41)20(4)27(38-46)18(2)16-35(8,44)32(52-34-28(40)24(39(11)12)15-19(3)48-34)21(5)29(22(6)33(43)50-25)51-26-17-36(9,47-13)31(42)23(7)49-26/h18-26,28-32,34,40-42,44-46H,14-17H2,1-13H3/t18-,19?,20?,21?,22+,23?,24?,25?,26?,28?,29+,30+,31?,32-,34?,35-,36?,37-/m0/s1. The molecule has 52 heavy (non-hydrogen) atoms. The van der Waals surface area contributed by atoms with Gasteiger partial charge in [0.1, 0.15) is 23.9 Å². The van der Waals surface area contributed by atoms with Crippen molar-refractivity contribution in [2.45, 2.75) is 179 Å². The summed E-state index contributed by atoms with van der Waals surface area (Å²) in [5.41, 5.74) is -4.68. The van der Waals surface area contributed by atoms with Crippen molar-refractivity contribution in [1.29, 1.82) is 0 Å². The van der Waals surface area contributed by atoms with Gasteiger partial charge in [-0.15, -0.1) is 0 Å². The van der Waals surface area contributed by atoms with Gasteiger partial charge in [-0.3, -0.25) is 4.79 Å². The third-order valence-electron chi connectivity index (χ3n) is 12.0. The maximum atomic E-state index is 14.1. The van der Waals surface area contributed by atoms with E-state index in [4.69, 9.17) is 28.4 Å². The number of carbonyl (C=O) groups excluding carboxylic acids is 1. The number of oxime groups is 1. The molecule has 18 atom stereocenters. The third-order valence-corrected chi connectivity index (χ3v) is 12.0. The average molecular weight is 749 g/mol. The molecule has 3 fully saturated rings. The number of carbonyl (C=O) groups is 1. The summed E-state index contributed by atoms with van der Waals surface area (Å²) in [6.45, 7) is 16.6. The van der Waals surface area contributed by atoms with Gasteiger partial charge in [0, 0.05) is 37.3 Å². The Morgan fingerprint density at radius 1 is 0.923 bits per heavy atom. The molecule has 0 saturated carbocycles. The van der Waals surface area contributed by atoms with E-state index < -0.39 is 102 Å². The monoisotopic (exact) mass is 748 g/mol. The number of aliphatic hydroxyl groups excluding tert-OH is 3. The van der Waals surface area contributed by atoms with Crippen molar-refractivity contribution in [2.75, 3.05) is 21.2 Å². The lowest BCUT2D eigenvalue weighted by atomic mass is 9.73. The molecule has 0 amide bonds. The first-order valence-corrected chi connectivity index (χ1v) is 18.7. The van der Waals surface area contributed by atoms with E-state index in [2.05, 4.69) is 5.16 Å². The minimum absolute atomic E-state index is 0.0657. The Hall–Kier alpha value is -1.50. The van der Waals surface area contributed by atoms with Crippen LogP contribution in [0.15, 0.2) is 5.16 Å². The summed E-state index contributed by atoms with van der Waals surface area (Å²) >= 11 is 0. The lowest BCUT2D eigenvalue weighted by Gasteiger charge is -2.49. The largest absolute Gasteiger partial charge is 0.459 e. The molecular formula is C37H68N2O13. The van der Waals surface area contributed by atoms with Gasteiger partial charge < -0.3 is 64.1 Å². The van der Waals surface area contributed by atoms with E-state index >= 15 is 0 Å². The van der Waals surface area contributed by atoms with Gasteiger partial charge in [0.05, 0.1) is 53.4 Å². The van der Waals surface area contributed by atoms with Gasteiger partial charge in [-0.1, -0.05) is 32.9 Å². The number of methoxy groups -OCH3 is 1. The van der Waals surface area contributed by atoms with E-state index in [9.17, 15) is 35.5 Å². The lowest BCUT2D eigenvalue weighted by molar-refractivity contribution is -0.317. The Morgan fingerprint density at radius 3 is 2.08 bits per heavy atom. The molecule has 0 bridgehead atoms. The van der Waals surface area contributed by atoms with Gasteiger partial charge in [-0.25, -0.2) is 0 Å². The molecule has 3 saturated heterocycles. The molecule has 3 rings (SSSR count). The predicted molar refractivity (Wildman–Crippen MR) is 190 cm³/mol. The predicted octanol–water partition coefficient (Wildman–Crippen LogP) is 2.05. The van der Waals surface area contributed by atoms with Crippen LogP contribution in [-0.4, -0.2) is 153 Å². The number of esters is 1. The van der Waals surface area contributed by atoms with E-state index in [1.54, 1.807) is 55.4 Å². The highest BCUT2D eigenvalue weighted by Crippen LogP contribution is 2.41. The molecule has 3 heterocycles. The molecule has 15 heteroatoms. The van der Waals surface area contributed by atoms with E-state index in [0.29, 0.717) is 6.42 Å². The molecule has 3 aliphatic heterocycles. The maximum Gasteiger partial charge on any atom is 0.311 e. The maximum absolute atomic E-state index is 14.1. The van der Waals surface area contributed by atoms with Crippen molar-refractivity contribution in [3.63, 3.8) is 0 Å². The van der Waals surface area contributed by atoms with E-state index in [-0.39, 0.29) is 37.1 Å². The zero-order chi connectivity index (χ0) is 39.7. The second kappa shape index (κ2) is 17.5. The summed E-state index contributed by atoms with van der Waals surface area (Å²) in [5, 5.41) is 71.8. The zero-order valence-electron chi connectivity index (χ0n) is 33.4. The number of likely N-dealkylation sites (N-methyl/N-ethyl adjacent to an activating group) is 1. The topological polar surface area (TPSA) is 209 Å². The van der Waals surface area contributed by atoms with E-state index in [1.807, 2.05) is 25.9 Å². The van der Waals surface area contributed by atoms with Crippen LogP contribution in [0.3, 0.4) is 0 Å². The quantitative estimate of drug-likeness (QED) is 0.125. The van der Waals surface area contributed by atoms with E-state index in [0.717, 1.165) is 0 Å². The number of cyclic esters (lactones) is 1. The summed E-state index contributed by atoms with van der Waals surface area (Å²) in [6, 6.07) is -0.322. The number of ether oxygens (including phenoxy) is 6. The molecule has 15 nitrogen and oxygen atoms in total. The third kappa shape index (κ3) is 9.47. The van der Waals surface area contributed by atoms with Crippen molar-refractivity contribution in [3.8, 4) is 0 Å². The van der Waals surface area contributed by atoms with Crippen LogP contribution in [0.1, 0.15) is 94.9 Å². The van der Waals surface area contributed by atoms with Crippen molar-refractivity contribution in [3.05, 3.63) is 0 Å². The Morgan fingerprint density at radius 2 is 1.54 bits per heavy atom.